The predicted octanol–water partition coefficient (Wildman–Crippen LogP) is 3.10. The van der Waals surface area contributed by atoms with Crippen LogP contribution in [0, 0.1) is 0 Å². The average molecular weight is 558 g/mol. The topological polar surface area (TPSA) is 123 Å². The van der Waals surface area contributed by atoms with Crippen LogP contribution in [0.3, 0.4) is 0 Å². The van der Waals surface area contributed by atoms with Gasteiger partial charge in [-0.25, -0.2) is 8.42 Å². The van der Waals surface area contributed by atoms with Gasteiger partial charge in [-0.1, -0.05) is 36.0 Å². The largest absolute Gasteiger partial charge is 0.495 e. The molecule has 4 rings (SSSR count). The number of rotatable bonds is 12. The SMILES string of the molecule is COc1ccccc1-n1c(CCCNC(C)=O)nnc1SCC(=O)c1ccc(S(=O)(=O)N2CCCC2)cc1. The van der Waals surface area contributed by atoms with Crippen LogP contribution in [-0.2, 0) is 21.2 Å². The molecule has 1 aliphatic rings. The molecule has 3 aromatic rings. The Balaban J connectivity index is 1.50. The minimum absolute atomic E-state index is 0.0902. The van der Waals surface area contributed by atoms with Gasteiger partial charge in [0, 0.05) is 38.5 Å². The average Bonchev–Trinajstić information content (AvgIpc) is 3.61. The van der Waals surface area contributed by atoms with E-state index in [1.54, 1.807) is 19.2 Å². The highest BCUT2D eigenvalue weighted by Crippen LogP contribution is 2.29. The summed E-state index contributed by atoms with van der Waals surface area (Å²) in [6.45, 7) is 3.05. The van der Waals surface area contributed by atoms with E-state index in [0.717, 1.165) is 18.5 Å². The molecule has 0 aliphatic carbocycles. The highest BCUT2D eigenvalue weighted by atomic mass is 32.2. The second-order valence-corrected chi connectivity index (χ2v) is 11.7. The van der Waals surface area contributed by atoms with Crippen molar-refractivity contribution in [1.82, 2.24) is 24.4 Å². The van der Waals surface area contributed by atoms with Gasteiger partial charge in [0.15, 0.2) is 10.9 Å². The fourth-order valence-corrected chi connectivity index (χ4v) is 6.60. The molecule has 0 bridgehead atoms. The minimum atomic E-state index is -3.53. The summed E-state index contributed by atoms with van der Waals surface area (Å²) in [4.78, 5) is 24.4. The van der Waals surface area contributed by atoms with Crippen LogP contribution in [0.5, 0.6) is 5.75 Å². The number of aryl methyl sites for hydroxylation is 1. The number of hydrogen-bond acceptors (Lipinski definition) is 8. The quantitative estimate of drug-likeness (QED) is 0.205. The number of carbonyl (C=O) groups is 2. The molecule has 2 aromatic carbocycles. The summed E-state index contributed by atoms with van der Waals surface area (Å²) in [5, 5.41) is 12.0. The number of amides is 1. The number of ether oxygens (including phenoxy) is 1. The number of carbonyl (C=O) groups excluding carboxylic acids is 2. The Morgan fingerprint density at radius 3 is 2.45 bits per heavy atom. The molecule has 0 atom stereocenters. The van der Waals surface area contributed by atoms with Crippen molar-refractivity contribution >= 4 is 33.5 Å². The number of ketones is 1. The molecule has 202 valence electrons. The maximum atomic E-state index is 13.0. The summed E-state index contributed by atoms with van der Waals surface area (Å²) in [7, 11) is -1.94. The van der Waals surface area contributed by atoms with Gasteiger partial charge in [-0.15, -0.1) is 10.2 Å². The Labute approximate surface area is 226 Å². The molecule has 1 aliphatic heterocycles. The van der Waals surface area contributed by atoms with Crippen molar-refractivity contribution in [1.29, 1.82) is 0 Å². The van der Waals surface area contributed by atoms with Crippen molar-refractivity contribution in [3.63, 3.8) is 0 Å². The Bertz CT molecular complexity index is 1380. The summed E-state index contributed by atoms with van der Waals surface area (Å²) < 4.78 is 34.4. The lowest BCUT2D eigenvalue weighted by atomic mass is 10.1. The molecular formula is C26H31N5O5S2. The van der Waals surface area contributed by atoms with Gasteiger partial charge in [-0.3, -0.25) is 14.2 Å². The molecule has 1 aromatic heterocycles. The molecule has 1 amide bonds. The highest BCUT2D eigenvalue weighted by molar-refractivity contribution is 7.99. The molecule has 12 heteroatoms. The van der Waals surface area contributed by atoms with Gasteiger partial charge in [0.05, 0.1) is 23.4 Å². The van der Waals surface area contributed by atoms with E-state index < -0.39 is 10.0 Å². The van der Waals surface area contributed by atoms with Gasteiger partial charge in [-0.05, 0) is 43.5 Å². The van der Waals surface area contributed by atoms with Crippen molar-refractivity contribution < 1.29 is 22.7 Å². The lowest BCUT2D eigenvalue weighted by Crippen LogP contribution is -2.27. The standard InChI is InChI=1S/C26H31N5O5S2/c1-19(32)27-15-7-10-25-28-29-26(31(25)22-8-3-4-9-24(22)36-2)37-18-23(33)20-11-13-21(14-12-20)38(34,35)30-16-5-6-17-30/h3-4,8-9,11-14H,5-7,10,15-18H2,1-2H3,(H,27,32). The van der Waals surface area contributed by atoms with E-state index in [2.05, 4.69) is 15.5 Å². The molecule has 0 radical (unpaired) electrons. The van der Waals surface area contributed by atoms with Crippen molar-refractivity contribution in [3.8, 4) is 11.4 Å². The van der Waals surface area contributed by atoms with Gasteiger partial charge in [-0.2, -0.15) is 4.31 Å². The number of sulfonamides is 1. The third-order valence-electron chi connectivity index (χ3n) is 6.19. The lowest BCUT2D eigenvalue weighted by Gasteiger charge is -2.15. The first-order valence-electron chi connectivity index (χ1n) is 12.4. The molecule has 0 saturated carbocycles. The third kappa shape index (κ3) is 6.43. The number of nitrogens with one attached hydrogen (secondary N) is 1. The van der Waals surface area contributed by atoms with Crippen LogP contribution >= 0.6 is 11.8 Å². The number of benzene rings is 2. The minimum Gasteiger partial charge on any atom is -0.495 e. The zero-order chi connectivity index (χ0) is 27.1. The van der Waals surface area contributed by atoms with Crippen LogP contribution in [0.1, 0.15) is 42.4 Å². The van der Waals surface area contributed by atoms with Gasteiger partial charge >= 0.3 is 0 Å². The van der Waals surface area contributed by atoms with Crippen LogP contribution < -0.4 is 10.1 Å². The third-order valence-corrected chi connectivity index (χ3v) is 9.03. The summed E-state index contributed by atoms with van der Waals surface area (Å²) in [6.07, 6.45) is 2.96. The van der Waals surface area contributed by atoms with E-state index >= 15 is 0 Å². The van der Waals surface area contributed by atoms with E-state index in [1.807, 2.05) is 28.8 Å². The smallest absolute Gasteiger partial charge is 0.243 e. The molecule has 1 fully saturated rings. The summed E-state index contributed by atoms with van der Waals surface area (Å²) >= 11 is 1.25. The van der Waals surface area contributed by atoms with Crippen molar-refractivity contribution in [2.75, 3.05) is 32.5 Å². The Morgan fingerprint density at radius 2 is 1.76 bits per heavy atom. The second-order valence-electron chi connectivity index (χ2n) is 8.84. The highest BCUT2D eigenvalue weighted by Gasteiger charge is 2.27. The molecule has 2 heterocycles. The first-order chi connectivity index (χ1) is 18.3. The number of para-hydroxylation sites is 2. The maximum absolute atomic E-state index is 13.0. The van der Waals surface area contributed by atoms with Crippen molar-refractivity contribution in [3.05, 3.63) is 59.9 Å². The number of aromatic nitrogens is 3. The maximum Gasteiger partial charge on any atom is 0.243 e. The Kier molecular flexibility index (Phi) is 9.18. The predicted molar refractivity (Wildman–Crippen MR) is 144 cm³/mol. The van der Waals surface area contributed by atoms with E-state index in [0.29, 0.717) is 54.8 Å². The van der Waals surface area contributed by atoms with E-state index in [1.165, 1.54) is 35.1 Å². The Hall–Kier alpha value is -3.22. The van der Waals surface area contributed by atoms with Crippen LogP contribution in [0.25, 0.3) is 5.69 Å². The number of thioether (sulfide) groups is 1. The van der Waals surface area contributed by atoms with Crippen molar-refractivity contribution in [2.24, 2.45) is 0 Å². The molecule has 10 nitrogen and oxygen atoms in total. The summed E-state index contributed by atoms with van der Waals surface area (Å²) in [5.41, 5.74) is 1.18. The number of nitrogens with zero attached hydrogens (tertiary/aromatic N) is 4. The molecule has 1 saturated heterocycles. The number of hydrogen-bond donors (Lipinski definition) is 1. The molecule has 0 unspecified atom stereocenters. The van der Waals surface area contributed by atoms with Gasteiger partial charge in [0.1, 0.15) is 11.6 Å². The van der Waals surface area contributed by atoms with E-state index in [4.69, 9.17) is 4.74 Å². The zero-order valence-corrected chi connectivity index (χ0v) is 23.1. The molecule has 38 heavy (non-hydrogen) atoms. The van der Waals surface area contributed by atoms with Crippen LogP contribution in [0.4, 0.5) is 0 Å². The fourth-order valence-electron chi connectivity index (χ4n) is 4.23. The van der Waals surface area contributed by atoms with Gasteiger partial charge in [0.2, 0.25) is 15.9 Å². The fraction of sp³-hybridized carbons (Fsp3) is 0.385. The molecule has 1 N–H and O–H groups in total. The molecular weight excluding hydrogens is 526 g/mol. The van der Waals surface area contributed by atoms with Crippen molar-refractivity contribution in [2.45, 2.75) is 42.7 Å². The summed E-state index contributed by atoms with van der Waals surface area (Å²) in [6, 6.07) is 13.6. The summed E-state index contributed by atoms with van der Waals surface area (Å²) in [5.74, 6) is 1.18. The number of methoxy groups -OCH3 is 1. The van der Waals surface area contributed by atoms with E-state index in [9.17, 15) is 18.0 Å². The second kappa shape index (κ2) is 12.5. The first-order valence-corrected chi connectivity index (χ1v) is 14.8. The van der Waals surface area contributed by atoms with Crippen LogP contribution in [-0.4, -0.2) is 71.7 Å². The monoisotopic (exact) mass is 557 g/mol. The van der Waals surface area contributed by atoms with Gasteiger partial charge in [0.25, 0.3) is 0 Å². The number of Topliss-reactive ketones (excluding diaryl/α,β-unsaturated/α-hetero) is 1. The van der Waals surface area contributed by atoms with Gasteiger partial charge < -0.3 is 10.1 Å². The van der Waals surface area contributed by atoms with E-state index in [-0.39, 0.29) is 22.3 Å². The Morgan fingerprint density at radius 1 is 1.05 bits per heavy atom. The van der Waals surface area contributed by atoms with Crippen LogP contribution in [0.2, 0.25) is 0 Å². The molecule has 0 spiro atoms. The lowest BCUT2D eigenvalue weighted by molar-refractivity contribution is -0.118. The first kappa shape index (κ1) is 27.8. The normalized spacial score (nSPS) is 13.9. The van der Waals surface area contributed by atoms with Crippen LogP contribution in [0.15, 0.2) is 58.6 Å². The zero-order valence-electron chi connectivity index (χ0n) is 21.4.